The minimum atomic E-state index is -0.211. The van der Waals surface area contributed by atoms with Crippen molar-refractivity contribution >= 4 is 5.78 Å². The standard InChI is InChI=1S/C11H8O3/c12-11-7-3-1-2-4-9(7)14-10-6-13-5-8(10)11/h1-5,10H,6H2. The lowest BCUT2D eigenvalue weighted by atomic mass is 9.97. The van der Waals surface area contributed by atoms with E-state index in [1.54, 1.807) is 6.07 Å². The van der Waals surface area contributed by atoms with Crippen molar-refractivity contribution in [2.24, 2.45) is 0 Å². The van der Waals surface area contributed by atoms with E-state index in [1.165, 1.54) is 6.26 Å². The Labute approximate surface area is 80.9 Å². The summed E-state index contributed by atoms with van der Waals surface area (Å²) in [4.78, 5) is 11.9. The summed E-state index contributed by atoms with van der Waals surface area (Å²) in [5, 5.41) is 0. The first-order valence-electron chi connectivity index (χ1n) is 4.48. The molecule has 0 spiro atoms. The highest BCUT2D eigenvalue weighted by Gasteiger charge is 2.35. The highest BCUT2D eigenvalue weighted by atomic mass is 16.5. The number of hydrogen-bond acceptors (Lipinski definition) is 3. The van der Waals surface area contributed by atoms with E-state index in [1.807, 2.05) is 18.2 Å². The van der Waals surface area contributed by atoms with Crippen LogP contribution in [-0.2, 0) is 4.74 Å². The minimum absolute atomic E-state index is 0.0225. The van der Waals surface area contributed by atoms with Crippen molar-refractivity contribution in [2.75, 3.05) is 6.61 Å². The lowest BCUT2D eigenvalue weighted by Crippen LogP contribution is -2.29. The largest absolute Gasteiger partial charge is 0.496 e. The van der Waals surface area contributed by atoms with Crippen LogP contribution < -0.4 is 4.74 Å². The summed E-state index contributed by atoms with van der Waals surface area (Å²) in [6, 6.07) is 7.27. The second-order valence-corrected chi connectivity index (χ2v) is 3.34. The van der Waals surface area contributed by atoms with Gasteiger partial charge in [0.2, 0.25) is 0 Å². The molecule has 3 heteroatoms. The van der Waals surface area contributed by atoms with Crippen LogP contribution in [0.4, 0.5) is 0 Å². The first-order chi connectivity index (χ1) is 6.86. The van der Waals surface area contributed by atoms with Crippen LogP contribution in [0.25, 0.3) is 0 Å². The van der Waals surface area contributed by atoms with E-state index in [2.05, 4.69) is 0 Å². The normalized spacial score (nSPS) is 23.0. The molecule has 0 radical (unpaired) electrons. The van der Waals surface area contributed by atoms with E-state index >= 15 is 0 Å². The molecule has 2 heterocycles. The molecule has 3 nitrogen and oxygen atoms in total. The van der Waals surface area contributed by atoms with E-state index < -0.39 is 0 Å². The molecule has 1 aromatic carbocycles. The van der Waals surface area contributed by atoms with Crippen LogP contribution in [-0.4, -0.2) is 18.5 Å². The number of ether oxygens (including phenoxy) is 2. The van der Waals surface area contributed by atoms with Gasteiger partial charge in [-0.15, -0.1) is 0 Å². The first kappa shape index (κ1) is 7.62. The van der Waals surface area contributed by atoms with Gasteiger partial charge in [0, 0.05) is 0 Å². The average Bonchev–Trinajstić information content (AvgIpc) is 2.66. The molecule has 70 valence electrons. The Morgan fingerprint density at radius 3 is 3.07 bits per heavy atom. The second-order valence-electron chi connectivity index (χ2n) is 3.34. The number of rotatable bonds is 0. The zero-order chi connectivity index (χ0) is 9.54. The summed E-state index contributed by atoms with van der Waals surface area (Å²) in [5.74, 6) is 0.680. The van der Waals surface area contributed by atoms with Crippen molar-refractivity contribution in [3.8, 4) is 5.75 Å². The zero-order valence-corrected chi connectivity index (χ0v) is 7.40. The predicted octanol–water partition coefficient (Wildman–Crippen LogP) is 1.54. The van der Waals surface area contributed by atoms with Gasteiger partial charge >= 0.3 is 0 Å². The van der Waals surface area contributed by atoms with Crippen molar-refractivity contribution in [3.63, 3.8) is 0 Å². The number of benzene rings is 1. The van der Waals surface area contributed by atoms with Gasteiger partial charge < -0.3 is 9.47 Å². The van der Waals surface area contributed by atoms with Crippen molar-refractivity contribution < 1.29 is 14.3 Å². The van der Waals surface area contributed by atoms with Gasteiger partial charge in [-0.2, -0.15) is 0 Å². The predicted molar refractivity (Wildman–Crippen MR) is 49.2 cm³/mol. The van der Waals surface area contributed by atoms with Crippen LogP contribution in [0.3, 0.4) is 0 Å². The van der Waals surface area contributed by atoms with Crippen molar-refractivity contribution in [1.82, 2.24) is 0 Å². The lowest BCUT2D eigenvalue weighted by Gasteiger charge is -2.22. The van der Waals surface area contributed by atoms with Gasteiger partial charge in [0.15, 0.2) is 11.9 Å². The number of carbonyl (C=O) groups is 1. The number of ketones is 1. The molecule has 0 saturated heterocycles. The lowest BCUT2D eigenvalue weighted by molar-refractivity contribution is 0.0949. The van der Waals surface area contributed by atoms with Crippen LogP contribution in [0.1, 0.15) is 10.4 Å². The Hall–Kier alpha value is -1.77. The van der Waals surface area contributed by atoms with E-state index in [9.17, 15) is 4.79 Å². The summed E-state index contributed by atoms with van der Waals surface area (Å²) in [6.45, 7) is 0.440. The fourth-order valence-corrected chi connectivity index (χ4v) is 1.75. The van der Waals surface area contributed by atoms with Gasteiger partial charge in [0.1, 0.15) is 12.4 Å². The van der Waals surface area contributed by atoms with Gasteiger partial charge in [-0.1, -0.05) is 12.1 Å². The molecule has 1 unspecified atom stereocenters. The quantitative estimate of drug-likeness (QED) is 0.619. The number of fused-ring (bicyclic) bond motifs is 2. The third kappa shape index (κ3) is 0.894. The third-order valence-corrected chi connectivity index (χ3v) is 2.47. The molecule has 0 fully saturated rings. The SMILES string of the molecule is O=C1C2=COCC2Oc2ccccc21. The van der Waals surface area contributed by atoms with Gasteiger partial charge in [-0.25, -0.2) is 0 Å². The van der Waals surface area contributed by atoms with Crippen LogP contribution in [0.5, 0.6) is 5.75 Å². The topological polar surface area (TPSA) is 35.5 Å². The van der Waals surface area contributed by atoms with Gasteiger partial charge in [-0.3, -0.25) is 4.79 Å². The van der Waals surface area contributed by atoms with E-state index in [0.29, 0.717) is 23.5 Å². The molecule has 0 saturated carbocycles. The minimum Gasteiger partial charge on any atom is -0.496 e. The first-order valence-corrected chi connectivity index (χ1v) is 4.48. The molecule has 2 aliphatic rings. The maximum Gasteiger partial charge on any atom is 0.199 e. The molecule has 0 aromatic heterocycles. The molecule has 0 amide bonds. The molecule has 3 rings (SSSR count). The molecule has 1 atom stereocenters. The highest BCUT2D eigenvalue weighted by Crippen LogP contribution is 2.32. The maximum absolute atomic E-state index is 11.9. The van der Waals surface area contributed by atoms with Crippen molar-refractivity contribution in [3.05, 3.63) is 41.7 Å². The van der Waals surface area contributed by atoms with Crippen molar-refractivity contribution in [2.45, 2.75) is 6.10 Å². The molecular weight excluding hydrogens is 180 g/mol. The second kappa shape index (κ2) is 2.61. The Morgan fingerprint density at radius 2 is 2.14 bits per heavy atom. The van der Waals surface area contributed by atoms with Crippen LogP contribution in [0.2, 0.25) is 0 Å². The van der Waals surface area contributed by atoms with E-state index in [4.69, 9.17) is 9.47 Å². The Morgan fingerprint density at radius 1 is 1.29 bits per heavy atom. The molecule has 0 bridgehead atoms. The Kier molecular flexibility index (Phi) is 1.42. The molecular formula is C11H8O3. The van der Waals surface area contributed by atoms with Crippen LogP contribution in [0, 0.1) is 0 Å². The summed E-state index contributed by atoms with van der Waals surface area (Å²) >= 11 is 0. The fourth-order valence-electron chi connectivity index (χ4n) is 1.75. The number of hydrogen-bond donors (Lipinski definition) is 0. The monoisotopic (exact) mass is 188 g/mol. The average molecular weight is 188 g/mol. The van der Waals surface area contributed by atoms with Gasteiger partial charge in [0.05, 0.1) is 17.4 Å². The van der Waals surface area contributed by atoms with Crippen LogP contribution in [0.15, 0.2) is 36.1 Å². The molecule has 2 aliphatic heterocycles. The fraction of sp³-hybridized carbons (Fsp3) is 0.182. The maximum atomic E-state index is 11.9. The number of para-hydroxylation sites is 1. The Bertz CT molecular complexity index is 434. The van der Waals surface area contributed by atoms with E-state index in [0.717, 1.165) is 0 Å². The molecule has 14 heavy (non-hydrogen) atoms. The van der Waals surface area contributed by atoms with Crippen molar-refractivity contribution in [1.29, 1.82) is 0 Å². The molecule has 0 N–H and O–H groups in total. The third-order valence-electron chi connectivity index (χ3n) is 2.47. The summed E-state index contributed by atoms with van der Waals surface area (Å²) in [7, 11) is 0. The van der Waals surface area contributed by atoms with Crippen LogP contribution >= 0.6 is 0 Å². The summed E-state index contributed by atoms with van der Waals surface area (Å²) in [6.07, 6.45) is 1.29. The Balaban J connectivity index is 2.16. The van der Waals surface area contributed by atoms with Gasteiger partial charge in [0.25, 0.3) is 0 Å². The molecule has 0 aliphatic carbocycles. The zero-order valence-electron chi connectivity index (χ0n) is 7.40. The van der Waals surface area contributed by atoms with E-state index in [-0.39, 0.29) is 11.9 Å². The number of Topliss-reactive ketones (excluding diaryl/α,β-unsaturated/α-hetero) is 1. The molecule has 1 aromatic rings. The number of carbonyl (C=O) groups excluding carboxylic acids is 1. The van der Waals surface area contributed by atoms with Gasteiger partial charge in [-0.05, 0) is 12.1 Å². The summed E-state index contributed by atoms with van der Waals surface area (Å²) in [5.41, 5.74) is 1.25. The summed E-state index contributed by atoms with van der Waals surface area (Å²) < 4.78 is 10.7. The smallest absolute Gasteiger partial charge is 0.199 e. The highest BCUT2D eigenvalue weighted by molar-refractivity contribution is 6.12.